The molecule has 0 rings (SSSR count). The van der Waals surface area contributed by atoms with Crippen molar-refractivity contribution in [3.63, 3.8) is 0 Å². The Morgan fingerprint density at radius 1 is 0.758 bits per heavy atom. The van der Waals surface area contributed by atoms with Crippen LogP contribution in [0.15, 0.2) is 12.2 Å². The highest BCUT2D eigenvalue weighted by Crippen LogP contribution is 2.43. The molecule has 10 heteroatoms. The van der Waals surface area contributed by atoms with Crippen LogP contribution in [0.2, 0.25) is 0 Å². The molecule has 33 heavy (non-hydrogen) atoms. The van der Waals surface area contributed by atoms with Gasteiger partial charge in [-0.1, -0.05) is 47.1 Å². The summed E-state index contributed by atoms with van der Waals surface area (Å²) in [7, 11) is 0. The van der Waals surface area contributed by atoms with Gasteiger partial charge >= 0.3 is 11.9 Å². The second-order valence-corrected chi connectivity index (χ2v) is 7.63. The number of carbonyl (C=O) groups is 4. The smallest absolute Gasteiger partial charge is 0.310 e. The van der Waals surface area contributed by atoms with Crippen molar-refractivity contribution >= 4 is 23.9 Å². The molecule has 0 radical (unpaired) electrons. The highest BCUT2D eigenvalue weighted by Gasteiger charge is 2.52. The molecule has 0 spiro atoms. The maximum atomic E-state index is 12.6. The summed E-state index contributed by atoms with van der Waals surface area (Å²) in [5.41, 5.74) is -3.64. The molecule has 0 N–H and O–H groups in total. The highest BCUT2D eigenvalue weighted by atomic mass is 16.6. The standard InChI is InChI=1S/C23H38O10/c1-6-8-10-30-12-14-32-20(26)17(4)23(22(28)29,16(3)19(24)25)18(5)21(27)33-15-13-31-11-9-7-2/h17-18H,3,6-15H2,1-2,4-5H3,(H,24,25)(H,28,29)/p-2. The third-order valence-electron chi connectivity index (χ3n) is 5.39. The molecule has 0 amide bonds. The van der Waals surface area contributed by atoms with Crippen LogP contribution < -0.4 is 10.2 Å². The first kappa shape index (κ1) is 30.5. The maximum Gasteiger partial charge on any atom is 0.310 e. The van der Waals surface area contributed by atoms with Gasteiger partial charge < -0.3 is 38.7 Å². The summed E-state index contributed by atoms with van der Waals surface area (Å²) >= 11 is 0. The third kappa shape index (κ3) is 9.13. The van der Waals surface area contributed by atoms with Crippen LogP contribution in [0.3, 0.4) is 0 Å². The molecule has 10 nitrogen and oxygen atoms in total. The van der Waals surface area contributed by atoms with Gasteiger partial charge in [0.2, 0.25) is 0 Å². The Morgan fingerprint density at radius 2 is 1.15 bits per heavy atom. The maximum absolute atomic E-state index is 12.6. The molecule has 0 aliphatic rings. The Morgan fingerprint density at radius 3 is 1.45 bits per heavy atom. The van der Waals surface area contributed by atoms with Crippen molar-refractivity contribution in [3.05, 3.63) is 12.2 Å². The molecule has 2 atom stereocenters. The first-order valence-corrected chi connectivity index (χ1v) is 11.2. The zero-order valence-corrected chi connectivity index (χ0v) is 20.0. The van der Waals surface area contributed by atoms with Gasteiger partial charge in [-0.3, -0.25) is 9.59 Å². The van der Waals surface area contributed by atoms with Crippen LogP contribution >= 0.6 is 0 Å². The van der Waals surface area contributed by atoms with E-state index < -0.39 is 46.7 Å². The topological polar surface area (TPSA) is 151 Å². The first-order chi connectivity index (χ1) is 15.6. The van der Waals surface area contributed by atoms with E-state index in [1.165, 1.54) is 0 Å². The Kier molecular flexibility index (Phi) is 15.0. The number of ether oxygens (including phenoxy) is 4. The quantitative estimate of drug-likeness (QED) is 0.143. The lowest BCUT2D eigenvalue weighted by Crippen LogP contribution is -2.58. The molecule has 0 bridgehead atoms. The van der Waals surface area contributed by atoms with Crippen molar-refractivity contribution in [3.8, 4) is 0 Å². The minimum atomic E-state index is -2.65. The largest absolute Gasteiger partial charge is 0.549 e. The summed E-state index contributed by atoms with van der Waals surface area (Å²) in [6.45, 7) is 10.2. The fourth-order valence-electron chi connectivity index (χ4n) is 3.26. The summed E-state index contributed by atoms with van der Waals surface area (Å²) < 4.78 is 20.7. The number of esters is 2. The molecule has 0 saturated heterocycles. The third-order valence-corrected chi connectivity index (χ3v) is 5.39. The molecule has 0 aliphatic carbocycles. The Balaban J connectivity index is 5.46. The minimum Gasteiger partial charge on any atom is -0.549 e. The molecular weight excluding hydrogens is 436 g/mol. The van der Waals surface area contributed by atoms with Gasteiger partial charge in [0.05, 0.1) is 42.4 Å². The lowest BCUT2D eigenvalue weighted by atomic mass is 9.63. The van der Waals surface area contributed by atoms with E-state index in [0.29, 0.717) is 13.2 Å². The van der Waals surface area contributed by atoms with E-state index in [2.05, 4.69) is 6.58 Å². The normalized spacial score (nSPS) is 14.5. The lowest BCUT2D eigenvalue weighted by molar-refractivity contribution is -0.326. The van der Waals surface area contributed by atoms with E-state index in [1.807, 2.05) is 13.8 Å². The van der Waals surface area contributed by atoms with Crippen LogP contribution in [0.5, 0.6) is 0 Å². The number of unbranched alkanes of at least 4 members (excludes halogenated alkanes) is 2. The number of hydrogen-bond acceptors (Lipinski definition) is 10. The lowest BCUT2D eigenvalue weighted by Gasteiger charge is -2.44. The SMILES string of the molecule is C=C(C(=O)[O-])C(C(=O)[O-])(C(C)C(=O)OCCOCCCC)C(C)C(=O)OCCOCCCC. The van der Waals surface area contributed by atoms with Gasteiger partial charge in [0.1, 0.15) is 13.2 Å². The van der Waals surface area contributed by atoms with Crippen LogP contribution in [0.1, 0.15) is 53.4 Å². The van der Waals surface area contributed by atoms with E-state index in [-0.39, 0.29) is 26.4 Å². The molecule has 0 heterocycles. The molecule has 0 fully saturated rings. The Labute approximate surface area is 195 Å². The van der Waals surface area contributed by atoms with Gasteiger partial charge in [0, 0.05) is 13.2 Å². The summed E-state index contributed by atoms with van der Waals surface area (Å²) in [4.78, 5) is 49.0. The van der Waals surface area contributed by atoms with Crippen molar-refractivity contribution in [2.45, 2.75) is 53.4 Å². The fourth-order valence-corrected chi connectivity index (χ4v) is 3.26. The Hall–Kier alpha value is -2.46. The Bertz CT molecular complexity index is 624. The van der Waals surface area contributed by atoms with Crippen LogP contribution in [0, 0.1) is 17.3 Å². The van der Waals surface area contributed by atoms with Crippen LogP contribution in [-0.2, 0) is 38.1 Å². The number of carboxylic acids is 2. The first-order valence-electron chi connectivity index (χ1n) is 11.2. The second kappa shape index (κ2) is 16.2. The van der Waals surface area contributed by atoms with E-state index >= 15 is 0 Å². The fraction of sp³-hybridized carbons (Fsp3) is 0.739. The van der Waals surface area contributed by atoms with Gasteiger partial charge in [-0.2, -0.15) is 0 Å². The molecule has 0 aromatic carbocycles. The van der Waals surface area contributed by atoms with Crippen molar-refractivity contribution in [2.24, 2.45) is 17.3 Å². The van der Waals surface area contributed by atoms with E-state index in [4.69, 9.17) is 18.9 Å². The van der Waals surface area contributed by atoms with Gasteiger partial charge in [-0.25, -0.2) is 0 Å². The summed E-state index contributed by atoms with van der Waals surface area (Å²) in [5, 5.41) is 23.8. The number of rotatable bonds is 19. The van der Waals surface area contributed by atoms with Gasteiger partial charge in [-0.05, 0) is 18.4 Å². The molecule has 0 aliphatic heterocycles. The van der Waals surface area contributed by atoms with E-state index in [1.54, 1.807) is 0 Å². The summed E-state index contributed by atoms with van der Waals surface area (Å²) in [6, 6.07) is 0. The molecule has 2 unspecified atom stereocenters. The van der Waals surface area contributed by atoms with Gasteiger partial charge in [0.25, 0.3) is 0 Å². The number of carboxylic acid groups (broad SMARTS) is 2. The van der Waals surface area contributed by atoms with Crippen molar-refractivity contribution in [1.82, 2.24) is 0 Å². The number of hydrogen-bond donors (Lipinski definition) is 0. The summed E-state index contributed by atoms with van der Waals surface area (Å²) in [5.74, 6) is -9.32. The molecular formula is C23H36O10-2. The van der Waals surface area contributed by atoms with Gasteiger partial charge in [0.15, 0.2) is 0 Å². The van der Waals surface area contributed by atoms with Crippen LogP contribution in [0.4, 0.5) is 0 Å². The molecule has 0 aromatic heterocycles. The van der Waals surface area contributed by atoms with Crippen LogP contribution in [0.25, 0.3) is 0 Å². The predicted molar refractivity (Wildman–Crippen MR) is 113 cm³/mol. The monoisotopic (exact) mass is 472 g/mol. The van der Waals surface area contributed by atoms with Crippen molar-refractivity contribution < 1.29 is 48.3 Å². The van der Waals surface area contributed by atoms with Gasteiger partial charge in [-0.15, -0.1) is 0 Å². The number of aliphatic carboxylic acids is 2. The van der Waals surface area contributed by atoms with Crippen molar-refractivity contribution in [1.29, 1.82) is 0 Å². The molecule has 0 saturated carbocycles. The number of carbonyl (C=O) groups excluding carboxylic acids is 4. The minimum absolute atomic E-state index is 0.0772. The highest BCUT2D eigenvalue weighted by molar-refractivity contribution is 6.00. The van der Waals surface area contributed by atoms with Crippen LogP contribution in [-0.4, -0.2) is 63.5 Å². The zero-order chi connectivity index (χ0) is 25.4. The molecule has 0 aromatic rings. The van der Waals surface area contributed by atoms with E-state index in [0.717, 1.165) is 39.5 Å². The predicted octanol–water partition coefficient (Wildman–Crippen LogP) is 0.0208. The van der Waals surface area contributed by atoms with Crippen molar-refractivity contribution in [2.75, 3.05) is 39.6 Å². The zero-order valence-electron chi connectivity index (χ0n) is 20.0. The average molecular weight is 473 g/mol. The second-order valence-electron chi connectivity index (χ2n) is 7.63. The van der Waals surface area contributed by atoms with E-state index in [9.17, 15) is 29.4 Å². The summed E-state index contributed by atoms with van der Waals surface area (Å²) in [6.07, 6.45) is 3.50. The molecule has 190 valence electrons. The average Bonchev–Trinajstić information content (AvgIpc) is 2.77.